The quantitative estimate of drug-likeness (QED) is 0.747. The van der Waals surface area contributed by atoms with Crippen molar-refractivity contribution in [3.8, 4) is 0 Å². The van der Waals surface area contributed by atoms with Crippen LogP contribution in [0.2, 0.25) is 0 Å². The lowest BCUT2D eigenvalue weighted by Gasteiger charge is -2.07. The largest absolute Gasteiger partial charge is 0.395 e. The zero-order chi connectivity index (χ0) is 12.7. The van der Waals surface area contributed by atoms with Gasteiger partial charge in [-0.25, -0.2) is 13.1 Å². The molecule has 0 unspecified atom stereocenters. The van der Waals surface area contributed by atoms with Gasteiger partial charge in [0.15, 0.2) is 0 Å². The molecule has 0 aliphatic carbocycles. The van der Waals surface area contributed by atoms with Crippen LogP contribution in [0.3, 0.4) is 0 Å². The Bertz CT molecular complexity index is 445. The second-order valence-corrected chi connectivity index (χ2v) is 5.17. The van der Waals surface area contributed by atoms with E-state index in [-0.39, 0.29) is 18.0 Å². The van der Waals surface area contributed by atoms with Crippen LogP contribution >= 0.6 is 0 Å². The molecule has 6 heteroatoms. The summed E-state index contributed by atoms with van der Waals surface area (Å²) in [6.45, 7) is 2.64. The van der Waals surface area contributed by atoms with Gasteiger partial charge < -0.3 is 9.84 Å². The zero-order valence-electron chi connectivity index (χ0n) is 9.72. The molecule has 0 fully saturated rings. The molecule has 0 bridgehead atoms. The molecule has 0 aliphatic heterocycles. The summed E-state index contributed by atoms with van der Waals surface area (Å²) in [5.41, 5.74) is 0.804. The molecule has 96 valence electrons. The minimum absolute atomic E-state index is 0.0119. The van der Waals surface area contributed by atoms with Gasteiger partial charge >= 0.3 is 0 Å². The average Bonchev–Trinajstić information content (AvgIpc) is 2.34. The van der Waals surface area contributed by atoms with Gasteiger partial charge in [0.1, 0.15) is 0 Å². The van der Waals surface area contributed by atoms with E-state index in [1.54, 1.807) is 18.2 Å². The molecule has 2 N–H and O–H groups in total. The van der Waals surface area contributed by atoms with Crippen LogP contribution in [0, 0.1) is 0 Å². The molecule has 1 aromatic rings. The van der Waals surface area contributed by atoms with E-state index < -0.39 is 10.0 Å². The Morgan fingerprint density at radius 1 is 1.41 bits per heavy atom. The van der Waals surface area contributed by atoms with Crippen molar-refractivity contribution in [2.45, 2.75) is 18.4 Å². The summed E-state index contributed by atoms with van der Waals surface area (Å²) in [7, 11) is -3.54. The molecule has 0 atom stereocenters. The van der Waals surface area contributed by atoms with Crippen LogP contribution in [-0.2, 0) is 21.4 Å². The molecular weight excluding hydrogens is 242 g/mol. The number of hydrogen-bond donors (Lipinski definition) is 2. The highest BCUT2D eigenvalue weighted by atomic mass is 32.2. The van der Waals surface area contributed by atoms with Crippen molar-refractivity contribution in [2.24, 2.45) is 0 Å². The summed E-state index contributed by atoms with van der Waals surface area (Å²) in [6, 6.07) is 6.55. The lowest BCUT2D eigenvalue weighted by Crippen LogP contribution is -2.26. The monoisotopic (exact) mass is 259 g/mol. The van der Waals surface area contributed by atoms with Gasteiger partial charge in [-0.3, -0.25) is 0 Å². The molecule has 0 amide bonds. The van der Waals surface area contributed by atoms with E-state index in [9.17, 15) is 8.42 Å². The molecule has 0 heterocycles. The summed E-state index contributed by atoms with van der Waals surface area (Å²) in [5.74, 6) is 0. The minimum Gasteiger partial charge on any atom is -0.395 e. The second kappa shape index (κ2) is 6.70. The lowest BCUT2D eigenvalue weighted by molar-refractivity contribution is 0.134. The van der Waals surface area contributed by atoms with E-state index in [0.717, 1.165) is 5.56 Å². The first-order valence-corrected chi connectivity index (χ1v) is 6.85. The van der Waals surface area contributed by atoms with Crippen LogP contribution in [0.15, 0.2) is 29.2 Å². The number of ether oxygens (including phenoxy) is 1. The van der Waals surface area contributed by atoms with Gasteiger partial charge in [-0.2, -0.15) is 0 Å². The number of nitrogens with one attached hydrogen (secondary N) is 1. The number of rotatable bonds is 7. The fourth-order valence-electron chi connectivity index (χ4n) is 1.29. The summed E-state index contributed by atoms with van der Waals surface area (Å²) < 4.78 is 31.0. The normalized spacial score (nSPS) is 11.6. The van der Waals surface area contributed by atoms with Crippen molar-refractivity contribution in [1.82, 2.24) is 4.72 Å². The first-order chi connectivity index (χ1) is 8.10. The molecule has 0 spiro atoms. The summed E-state index contributed by atoms with van der Waals surface area (Å²) in [6.07, 6.45) is 0. The first-order valence-electron chi connectivity index (χ1n) is 5.37. The van der Waals surface area contributed by atoms with Crippen LogP contribution in [0.25, 0.3) is 0 Å². The lowest BCUT2D eigenvalue weighted by atomic mass is 10.2. The SMILES string of the molecule is CCOCc1cccc(S(=O)(=O)NCCO)c1. The maximum atomic E-state index is 11.8. The van der Waals surface area contributed by atoms with Crippen molar-refractivity contribution < 1.29 is 18.3 Å². The molecule has 5 nitrogen and oxygen atoms in total. The van der Waals surface area contributed by atoms with Crippen LogP contribution in [0.5, 0.6) is 0 Å². The van der Waals surface area contributed by atoms with Crippen LogP contribution in [0.1, 0.15) is 12.5 Å². The Balaban J connectivity index is 2.83. The number of benzene rings is 1. The molecular formula is C11H17NO4S. The fraction of sp³-hybridized carbons (Fsp3) is 0.455. The molecule has 0 aromatic heterocycles. The fourth-order valence-corrected chi connectivity index (χ4v) is 2.38. The van der Waals surface area contributed by atoms with Gasteiger partial charge in [0, 0.05) is 13.2 Å². The predicted molar refractivity (Wildman–Crippen MR) is 64.0 cm³/mol. The van der Waals surface area contributed by atoms with E-state index in [1.807, 2.05) is 6.92 Å². The Kier molecular flexibility index (Phi) is 5.57. The third kappa shape index (κ3) is 4.43. The van der Waals surface area contributed by atoms with E-state index in [2.05, 4.69) is 4.72 Å². The van der Waals surface area contributed by atoms with Gasteiger partial charge in [-0.15, -0.1) is 0 Å². The van der Waals surface area contributed by atoms with Gasteiger partial charge in [-0.1, -0.05) is 12.1 Å². The molecule has 1 rings (SSSR count). The zero-order valence-corrected chi connectivity index (χ0v) is 10.5. The molecule has 0 radical (unpaired) electrons. The highest BCUT2D eigenvalue weighted by Crippen LogP contribution is 2.12. The predicted octanol–water partition coefficient (Wildman–Crippen LogP) is 0.494. The average molecular weight is 259 g/mol. The van der Waals surface area contributed by atoms with Crippen molar-refractivity contribution in [2.75, 3.05) is 19.8 Å². The third-order valence-electron chi connectivity index (χ3n) is 2.09. The Labute approximate surface area is 101 Å². The number of sulfonamides is 1. The van der Waals surface area contributed by atoms with Crippen molar-refractivity contribution in [3.63, 3.8) is 0 Å². The van der Waals surface area contributed by atoms with E-state index >= 15 is 0 Å². The van der Waals surface area contributed by atoms with Crippen LogP contribution < -0.4 is 4.72 Å². The first kappa shape index (κ1) is 14.1. The standard InChI is InChI=1S/C11H17NO4S/c1-2-16-9-10-4-3-5-11(8-10)17(14,15)12-6-7-13/h3-5,8,12-13H,2,6-7,9H2,1H3. The number of hydrogen-bond acceptors (Lipinski definition) is 4. The van der Waals surface area contributed by atoms with E-state index in [4.69, 9.17) is 9.84 Å². The highest BCUT2D eigenvalue weighted by Gasteiger charge is 2.13. The van der Waals surface area contributed by atoms with E-state index in [1.165, 1.54) is 6.07 Å². The summed E-state index contributed by atoms with van der Waals surface area (Å²) >= 11 is 0. The number of aliphatic hydroxyl groups is 1. The summed E-state index contributed by atoms with van der Waals surface area (Å²) in [5, 5.41) is 8.60. The van der Waals surface area contributed by atoms with Gasteiger partial charge in [0.2, 0.25) is 10.0 Å². The van der Waals surface area contributed by atoms with Crippen molar-refractivity contribution >= 4 is 10.0 Å². The Morgan fingerprint density at radius 2 is 2.18 bits per heavy atom. The van der Waals surface area contributed by atoms with Gasteiger partial charge in [0.05, 0.1) is 18.1 Å². The molecule has 17 heavy (non-hydrogen) atoms. The van der Waals surface area contributed by atoms with Crippen molar-refractivity contribution in [1.29, 1.82) is 0 Å². The minimum atomic E-state index is -3.54. The van der Waals surface area contributed by atoms with Gasteiger partial charge in [0.25, 0.3) is 0 Å². The molecule has 0 saturated carbocycles. The molecule has 0 aliphatic rings. The van der Waals surface area contributed by atoms with Crippen molar-refractivity contribution in [3.05, 3.63) is 29.8 Å². The molecule has 0 saturated heterocycles. The second-order valence-electron chi connectivity index (χ2n) is 3.41. The van der Waals surface area contributed by atoms with Crippen LogP contribution in [-0.4, -0.2) is 33.3 Å². The van der Waals surface area contributed by atoms with E-state index in [0.29, 0.717) is 13.2 Å². The number of aliphatic hydroxyl groups excluding tert-OH is 1. The summed E-state index contributed by atoms with van der Waals surface area (Å²) in [4.78, 5) is 0.183. The maximum Gasteiger partial charge on any atom is 0.240 e. The molecule has 1 aromatic carbocycles. The smallest absolute Gasteiger partial charge is 0.240 e. The highest BCUT2D eigenvalue weighted by molar-refractivity contribution is 7.89. The Hall–Kier alpha value is -0.950. The topological polar surface area (TPSA) is 75.6 Å². The third-order valence-corrected chi connectivity index (χ3v) is 3.54. The van der Waals surface area contributed by atoms with Crippen LogP contribution in [0.4, 0.5) is 0 Å². The van der Waals surface area contributed by atoms with Gasteiger partial charge in [-0.05, 0) is 24.6 Å². The maximum absolute atomic E-state index is 11.8. The Morgan fingerprint density at radius 3 is 2.82 bits per heavy atom.